The molecule has 1 amide bonds. The largest absolute Gasteiger partial charge is 0.497 e. The number of benzene rings is 1. The molecule has 0 bridgehead atoms. The van der Waals surface area contributed by atoms with Crippen LogP contribution in [0.4, 0.5) is 13.2 Å². The summed E-state index contributed by atoms with van der Waals surface area (Å²) in [4.78, 5) is 12.3. The highest BCUT2D eigenvalue weighted by molar-refractivity contribution is 5.92. The first-order valence-corrected chi connectivity index (χ1v) is 8.66. The molecule has 1 aliphatic rings. The van der Waals surface area contributed by atoms with Crippen LogP contribution in [0.2, 0.25) is 0 Å². The lowest BCUT2D eigenvalue weighted by atomic mass is 10.1. The van der Waals surface area contributed by atoms with Gasteiger partial charge in [0.1, 0.15) is 11.4 Å². The number of ether oxygens (including phenoxy) is 1. The molecule has 1 atom stereocenters. The normalized spacial score (nSPS) is 16.9. The topological polar surface area (TPSA) is 68.2 Å². The Labute approximate surface area is 166 Å². The zero-order valence-corrected chi connectivity index (χ0v) is 16.1. The van der Waals surface area contributed by atoms with Crippen molar-refractivity contribution in [3.8, 4) is 5.75 Å². The number of methoxy groups -OCH3 is 1. The molecule has 1 aromatic heterocycles. The van der Waals surface area contributed by atoms with Crippen molar-refractivity contribution in [2.75, 3.05) is 20.2 Å². The maximum absolute atomic E-state index is 13.2. The molecule has 2 N–H and O–H groups in total. The molecule has 6 nitrogen and oxygen atoms in total. The molecule has 0 aliphatic carbocycles. The van der Waals surface area contributed by atoms with E-state index < -0.39 is 17.6 Å². The minimum absolute atomic E-state index is 0. The minimum atomic E-state index is -4.54. The summed E-state index contributed by atoms with van der Waals surface area (Å²) >= 11 is 0. The second-order valence-corrected chi connectivity index (χ2v) is 6.38. The number of nitrogens with zero attached hydrogens (tertiary/aromatic N) is 2. The van der Waals surface area contributed by atoms with Gasteiger partial charge in [-0.15, -0.1) is 12.4 Å². The molecule has 10 heteroatoms. The van der Waals surface area contributed by atoms with E-state index in [2.05, 4.69) is 15.7 Å². The number of hydrogen-bond acceptors (Lipinski definition) is 4. The Bertz CT molecular complexity index is 804. The van der Waals surface area contributed by atoms with Crippen LogP contribution in [-0.2, 0) is 12.7 Å². The Kier molecular flexibility index (Phi) is 7.31. The van der Waals surface area contributed by atoms with Gasteiger partial charge in [0.15, 0.2) is 0 Å². The fourth-order valence-electron chi connectivity index (χ4n) is 3.09. The zero-order chi connectivity index (χ0) is 19.4. The maximum atomic E-state index is 13.2. The van der Waals surface area contributed by atoms with E-state index in [9.17, 15) is 18.0 Å². The number of nitrogens with one attached hydrogen (secondary N) is 2. The smallest absolute Gasteiger partial charge is 0.416 e. The van der Waals surface area contributed by atoms with Crippen LogP contribution in [0.3, 0.4) is 0 Å². The molecule has 28 heavy (non-hydrogen) atoms. The van der Waals surface area contributed by atoms with Gasteiger partial charge in [-0.05, 0) is 43.1 Å². The third kappa shape index (κ3) is 5.17. The van der Waals surface area contributed by atoms with Crippen LogP contribution >= 0.6 is 12.4 Å². The number of piperidine rings is 1. The first kappa shape index (κ1) is 22.0. The van der Waals surface area contributed by atoms with Crippen molar-refractivity contribution in [1.82, 2.24) is 20.4 Å². The van der Waals surface area contributed by atoms with Gasteiger partial charge < -0.3 is 15.4 Å². The Morgan fingerprint density at radius 3 is 2.82 bits per heavy atom. The van der Waals surface area contributed by atoms with Gasteiger partial charge in [0.05, 0.1) is 18.7 Å². The number of hydrogen-bond donors (Lipinski definition) is 2. The van der Waals surface area contributed by atoms with Crippen LogP contribution in [0.5, 0.6) is 5.75 Å². The molecule has 0 radical (unpaired) electrons. The highest BCUT2D eigenvalue weighted by Gasteiger charge is 2.34. The Morgan fingerprint density at radius 1 is 1.39 bits per heavy atom. The van der Waals surface area contributed by atoms with Gasteiger partial charge in [-0.3, -0.25) is 9.48 Å². The quantitative estimate of drug-likeness (QED) is 0.782. The molecule has 1 saturated heterocycles. The highest BCUT2D eigenvalue weighted by Crippen LogP contribution is 2.34. The third-order valence-corrected chi connectivity index (χ3v) is 4.55. The number of amides is 1. The summed E-state index contributed by atoms with van der Waals surface area (Å²) in [6.45, 7) is 1.49. The number of halogens is 4. The minimum Gasteiger partial charge on any atom is -0.497 e. The van der Waals surface area contributed by atoms with E-state index in [1.807, 2.05) is 0 Å². The lowest BCUT2D eigenvalue weighted by Gasteiger charge is -2.22. The van der Waals surface area contributed by atoms with Crippen LogP contribution in [0.1, 0.15) is 40.5 Å². The van der Waals surface area contributed by atoms with Crippen LogP contribution in [0.15, 0.2) is 30.5 Å². The van der Waals surface area contributed by atoms with E-state index in [1.54, 1.807) is 16.9 Å². The van der Waals surface area contributed by atoms with E-state index in [0.717, 1.165) is 32.0 Å². The van der Waals surface area contributed by atoms with E-state index >= 15 is 0 Å². The van der Waals surface area contributed by atoms with Crippen molar-refractivity contribution in [3.05, 3.63) is 47.3 Å². The van der Waals surface area contributed by atoms with Crippen molar-refractivity contribution in [2.45, 2.75) is 31.6 Å². The summed E-state index contributed by atoms with van der Waals surface area (Å²) in [5, 5.41) is 10.0. The van der Waals surface area contributed by atoms with Crippen molar-refractivity contribution < 1.29 is 22.7 Å². The van der Waals surface area contributed by atoms with E-state index in [4.69, 9.17) is 4.74 Å². The predicted octanol–water partition coefficient (Wildman–Crippen LogP) is 3.19. The second kappa shape index (κ2) is 9.29. The number of rotatable bonds is 5. The van der Waals surface area contributed by atoms with Gasteiger partial charge >= 0.3 is 6.18 Å². The van der Waals surface area contributed by atoms with Crippen molar-refractivity contribution in [1.29, 1.82) is 0 Å². The SMILES string of the molecule is COc1ccc(CNC(=O)c2ccn(C3CCCNC3)n2)c(C(F)(F)F)c1.Cl. The standard InChI is InChI=1S/C18H21F3N4O2.ClH/c1-27-14-5-4-12(15(9-14)18(19,20)21)10-23-17(26)16-6-8-25(24-16)13-3-2-7-22-11-13;/h4-6,8-9,13,22H,2-3,7,10-11H2,1H3,(H,23,26);1H. The molecule has 0 spiro atoms. The summed E-state index contributed by atoms with van der Waals surface area (Å²) in [7, 11) is 1.30. The predicted molar refractivity (Wildman–Crippen MR) is 99.8 cm³/mol. The molecular weight excluding hydrogens is 397 g/mol. The fraction of sp³-hybridized carbons (Fsp3) is 0.444. The monoisotopic (exact) mass is 418 g/mol. The molecule has 2 aromatic rings. The van der Waals surface area contributed by atoms with Crippen LogP contribution in [0, 0.1) is 0 Å². The Hall–Kier alpha value is -2.26. The van der Waals surface area contributed by atoms with Crippen molar-refractivity contribution in [2.24, 2.45) is 0 Å². The molecule has 3 rings (SSSR count). The van der Waals surface area contributed by atoms with E-state index in [-0.39, 0.29) is 42.0 Å². The lowest BCUT2D eigenvalue weighted by Crippen LogP contribution is -2.32. The third-order valence-electron chi connectivity index (χ3n) is 4.55. The summed E-state index contributed by atoms with van der Waals surface area (Å²) in [6, 6.07) is 5.41. The molecule has 154 valence electrons. The van der Waals surface area contributed by atoms with Gasteiger partial charge in [-0.25, -0.2) is 0 Å². The lowest BCUT2D eigenvalue weighted by molar-refractivity contribution is -0.138. The van der Waals surface area contributed by atoms with E-state index in [1.165, 1.54) is 19.2 Å². The Morgan fingerprint density at radius 2 is 2.18 bits per heavy atom. The number of carbonyl (C=O) groups excluding carboxylic acids is 1. The van der Waals surface area contributed by atoms with Crippen LogP contribution in [-0.4, -0.2) is 35.9 Å². The molecule has 1 aromatic carbocycles. The van der Waals surface area contributed by atoms with E-state index in [0.29, 0.717) is 0 Å². The average Bonchev–Trinajstić information content (AvgIpc) is 3.16. The number of carbonyl (C=O) groups is 1. The van der Waals surface area contributed by atoms with Gasteiger partial charge in [0, 0.05) is 19.3 Å². The second-order valence-electron chi connectivity index (χ2n) is 6.38. The summed E-state index contributed by atoms with van der Waals surface area (Å²) in [6.07, 6.45) is -0.814. The van der Waals surface area contributed by atoms with Gasteiger partial charge in [0.25, 0.3) is 5.91 Å². The number of aromatic nitrogens is 2. The summed E-state index contributed by atoms with van der Waals surface area (Å²) in [5.74, 6) is -0.404. The first-order valence-electron chi connectivity index (χ1n) is 8.66. The number of alkyl halides is 3. The van der Waals surface area contributed by atoms with Gasteiger partial charge in [0.2, 0.25) is 0 Å². The molecule has 2 heterocycles. The molecule has 1 aliphatic heterocycles. The van der Waals surface area contributed by atoms with Gasteiger partial charge in [-0.2, -0.15) is 18.3 Å². The van der Waals surface area contributed by atoms with Crippen molar-refractivity contribution >= 4 is 18.3 Å². The highest BCUT2D eigenvalue weighted by atomic mass is 35.5. The average molecular weight is 419 g/mol. The molecular formula is C18H22ClF3N4O2. The van der Waals surface area contributed by atoms with Gasteiger partial charge in [-0.1, -0.05) is 6.07 Å². The summed E-state index contributed by atoms with van der Waals surface area (Å²) in [5.41, 5.74) is -0.684. The Balaban J connectivity index is 0.00000280. The fourth-order valence-corrected chi connectivity index (χ4v) is 3.09. The zero-order valence-electron chi connectivity index (χ0n) is 15.3. The molecule has 1 fully saturated rings. The van der Waals surface area contributed by atoms with Crippen molar-refractivity contribution in [3.63, 3.8) is 0 Å². The summed E-state index contributed by atoms with van der Waals surface area (Å²) < 4.78 is 46.3. The maximum Gasteiger partial charge on any atom is 0.416 e. The molecule has 1 unspecified atom stereocenters. The van der Waals surface area contributed by atoms with Crippen LogP contribution in [0.25, 0.3) is 0 Å². The first-order chi connectivity index (χ1) is 12.9. The molecule has 0 saturated carbocycles. The van der Waals surface area contributed by atoms with Crippen LogP contribution < -0.4 is 15.4 Å².